The quantitative estimate of drug-likeness (QED) is 0.791. The first-order valence-electron chi connectivity index (χ1n) is 6.21. The Kier molecular flexibility index (Phi) is 3.69. The number of nitrogens with two attached hydrogens (primary N) is 1. The molecular weight excluding hydrogens is 246 g/mol. The molecule has 19 heavy (non-hydrogen) atoms. The van der Waals surface area contributed by atoms with Gasteiger partial charge in [-0.3, -0.25) is 9.59 Å². The number of anilines is 1. The van der Waals surface area contributed by atoms with Crippen LogP contribution in [-0.4, -0.2) is 35.1 Å². The molecular formula is C13H17N3O3. The summed E-state index contributed by atoms with van der Waals surface area (Å²) in [6, 6.07) is 1.69. The summed E-state index contributed by atoms with van der Waals surface area (Å²) in [5, 5.41) is 8.99. The number of aromatic nitrogens is 1. The van der Waals surface area contributed by atoms with E-state index in [9.17, 15) is 9.59 Å². The molecule has 0 aromatic carbocycles. The van der Waals surface area contributed by atoms with Gasteiger partial charge in [0.25, 0.3) is 5.91 Å². The second kappa shape index (κ2) is 5.26. The van der Waals surface area contributed by atoms with E-state index in [-0.39, 0.29) is 6.54 Å². The van der Waals surface area contributed by atoms with Crippen molar-refractivity contribution < 1.29 is 14.7 Å². The zero-order chi connectivity index (χ0) is 14.0. The van der Waals surface area contributed by atoms with E-state index in [4.69, 9.17) is 10.8 Å². The fraction of sp³-hybridized carbons (Fsp3) is 0.462. The second-order valence-electron chi connectivity index (χ2n) is 4.91. The molecule has 1 heterocycles. The number of amides is 1. The van der Waals surface area contributed by atoms with Crippen LogP contribution in [0.3, 0.4) is 0 Å². The zero-order valence-electron chi connectivity index (χ0n) is 10.8. The third-order valence-electron chi connectivity index (χ3n) is 3.19. The molecule has 0 unspecified atom stereocenters. The van der Waals surface area contributed by atoms with Crippen LogP contribution in [0.4, 0.5) is 5.82 Å². The first kappa shape index (κ1) is 13.3. The van der Waals surface area contributed by atoms with Crippen molar-refractivity contribution in [3.05, 3.63) is 23.4 Å². The average Bonchev–Trinajstić information content (AvgIpc) is 3.10. The van der Waals surface area contributed by atoms with Crippen molar-refractivity contribution in [2.45, 2.75) is 19.8 Å². The predicted molar refractivity (Wildman–Crippen MR) is 70.1 cm³/mol. The molecule has 1 aromatic heterocycles. The van der Waals surface area contributed by atoms with Gasteiger partial charge in [-0.2, -0.15) is 0 Å². The summed E-state index contributed by atoms with van der Waals surface area (Å²) in [4.78, 5) is 28.3. The van der Waals surface area contributed by atoms with E-state index in [0.29, 0.717) is 29.4 Å². The first-order chi connectivity index (χ1) is 8.99. The van der Waals surface area contributed by atoms with Crippen molar-refractivity contribution in [3.63, 3.8) is 0 Å². The highest BCUT2D eigenvalue weighted by molar-refractivity contribution is 5.99. The van der Waals surface area contributed by atoms with E-state index < -0.39 is 11.9 Å². The maximum atomic E-state index is 11.5. The third-order valence-corrected chi connectivity index (χ3v) is 3.19. The number of rotatable bonds is 6. The van der Waals surface area contributed by atoms with Crippen LogP contribution in [0.5, 0.6) is 0 Å². The lowest BCUT2D eigenvalue weighted by Crippen LogP contribution is -2.34. The second-order valence-corrected chi connectivity index (χ2v) is 4.91. The van der Waals surface area contributed by atoms with Crippen LogP contribution >= 0.6 is 0 Å². The minimum atomic E-state index is -0.945. The minimum Gasteiger partial charge on any atom is -0.480 e. The molecule has 1 saturated carbocycles. The zero-order valence-corrected chi connectivity index (χ0v) is 10.8. The number of aryl methyl sites for hydroxylation is 1. The number of hydrogen-bond donors (Lipinski definition) is 2. The highest BCUT2D eigenvalue weighted by atomic mass is 16.4. The Morgan fingerprint density at radius 3 is 2.74 bits per heavy atom. The average molecular weight is 263 g/mol. The summed E-state index contributed by atoms with van der Waals surface area (Å²) >= 11 is 0. The van der Waals surface area contributed by atoms with E-state index in [1.165, 1.54) is 0 Å². The van der Waals surface area contributed by atoms with Crippen molar-refractivity contribution in [2.75, 3.05) is 18.0 Å². The van der Waals surface area contributed by atoms with Gasteiger partial charge in [0.05, 0.1) is 5.56 Å². The topological polar surface area (TPSA) is 96.5 Å². The number of carboxylic acids is 1. The Morgan fingerprint density at radius 2 is 2.21 bits per heavy atom. The van der Waals surface area contributed by atoms with Crippen molar-refractivity contribution in [2.24, 2.45) is 11.7 Å². The largest absolute Gasteiger partial charge is 0.480 e. The number of primary amides is 1. The summed E-state index contributed by atoms with van der Waals surface area (Å²) in [7, 11) is 0. The van der Waals surface area contributed by atoms with E-state index in [1.54, 1.807) is 24.1 Å². The number of carbonyl (C=O) groups excluding carboxylic acids is 1. The first-order valence-corrected chi connectivity index (χ1v) is 6.21. The summed E-state index contributed by atoms with van der Waals surface area (Å²) in [6.45, 7) is 2.19. The van der Waals surface area contributed by atoms with E-state index in [1.807, 2.05) is 0 Å². The molecule has 1 amide bonds. The molecule has 2 rings (SSSR count). The summed E-state index contributed by atoms with van der Waals surface area (Å²) < 4.78 is 0. The molecule has 1 fully saturated rings. The van der Waals surface area contributed by atoms with Crippen molar-refractivity contribution in [3.8, 4) is 0 Å². The van der Waals surface area contributed by atoms with Gasteiger partial charge in [-0.1, -0.05) is 0 Å². The Bertz CT molecular complexity index is 512. The SMILES string of the molecule is Cc1ccnc(N(CC(=O)O)CC2CC2)c1C(N)=O. The lowest BCUT2D eigenvalue weighted by atomic mass is 10.1. The highest BCUT2D eigenvalue weighted by Gasteiger charge is 2.28. The monoisotopic (exact) mass is 263 g/mol. The van der Waals surface area contributed by atoms with E-state index >= 15 is 0 Å². The smallest absolute Gasteiger partial charge is 0.323 e. The van der Waals surface area contributed by atoms with Crippen LogP contribution in [-0.2, 0) is 4.79 Å². The maximum Gasteiger partial charge on any atom is 0.323 e. The molecule has 0 aliphatic heterocycles. The predicted octanol–water partition coefficient (Wildman–Crippen LogP) is 0.790. The van der Waals surface area contributed by atoms with Crippen molar-refractivity contribution in [1.82, 2.24) is 4.98 Å². The molecule has 0 radical (unpaired) electrons. The van der Waals surface area contributed by atoms with Gasteiger partial charge in [0.1, 0.15) is 12.4 Å². The van der Waals surface area contributed by atoms with Gasteiger partial charge < -0.3 is 15.7 Å². The van der Waals surface area contributed by atoms with E-state index in [2.05, 4.69) is 4.98 Å². The lowest BCUT2D eigenvalue weighted by molar-refractivity contribution is -0.135. The van der Waals surface area contributed by atoms with Gasteiger partial charge in [-0.25, -0.2) is 4.98 Å². The van der Waals surface area contributed by atoms with Crippen LogP contribution in [0.15, 0.2) is 12.3 Å². The molecule has 3 N–H and O–H groups in total. The van der Waals surface area contributed by atoms with Crippen LogP contribution in [0.25, 0.3) is 0 Å². The minimum absolute atomic E-state index is 0.173. The van der Waals surface area contributed by atoms with Crippen LogP contribution in [0.1, 0.15) is 28.8 Å². The Hall–Kier alpha value is -2.11. The Balaban J connectivity index is 2.36. The molecule has 0 saturated heterocycles. The number of pyridine rings is 1. The standard InChI is InChI=1S/C13H17N3O3/c1-8-4-5-15-13(11(8)12(14)19)16(7-10(17)18)6-9-2-3-9/h4-5,9H,2-3,6-7H2,1H3,(H2,14,19)(H,17,18). The molecule has 1 aliphatic carbocycles. The van der Waals surface area contributed by atoms with Crippen molar-refractivity contribution in [1.29, 1.82) is 0 Å². The summed E-state index contributed by atoms with van der Waals surface area (Å²) in [5.74, 6) is -0.657. The normalized spacial score (nSPS) is 14.2. The molecule has 6 heteroatoms. The van der Waals surface area contributed by atoms with Gasteiger partial charge in [0, 0.05) is 12.7 Å². The fourth-order valence-corrected chi connectivity index (χ4v) is 2.09. The highest BCUT2D eigenvalue weighted by Crippen LogP contribution is 2.32. The van der Waals surface area contributed by atoms with Crippen molar-refractivity contribution >= 4 is 17.7 Å². The van der Waals surface area contributed by atoms with Gasteiger partial charge >= 0.3 is 5.97 Å². The van der Waals surface area contributed by atoms with Gasteiger partial charge in [0.2, 0.25) is 0 Å². The fourth-order valence-electron chi connectivity index (χ4n) is 2.09. The van der Waals surface area contributed by atoms with E-state index in [0.717, 1.165) is 12.8 Å². The number of hydrogen-bond acceptors (Lipinski definition) is 4. The number of carbonyl (C=O) groups is 2. The van der Waals surface area contributed by atoms with Gasteiger partial charge in [-0.15, -0.1) is 0 Å². The maximum absolute atomic E-state index is 11.5. The van der Waals surface area contributed by atoms with Crippen LogP contribution in [0.2, 0.25) is 0 Å². The molecule has 1 aliphatic rings. The molecule has 6 nitrogen and oxygen atoms in total. The number of nitrogens with zero attached hydrogens (tertiary/aromatic N) is 2. The molecule has 0 atom stereocenters. The molecule has 1 aromatic rings. The van der Waals surface area contributed by atoms with Gasteiger partial charge in [-0.05, 0) is 37.3 Å². The van der Waals surface area contributed by atoms with Crippen LogP contribution < -0.4 is 10.6 Å². The molecule has 0 bridgehead atoms. The summed E-state index contributed by atoms with van der Waals surface area (Å²) in [5.41, 5.74) is 6.40. The Labute approximate surface area is 111 Å². The number of carboxylic acid groups (broad SMARTS) is 1. The van der Waals surface area contributed by atoms with Crippen LogP contribution in [0, 0.1) is 12.8 Å². The lowest BCUT2D eigenvalue weighted by Gasteiger charge is -2.24. The number of aliphatic carboxylic acids is 1. The summed E-state index contributed by atoms with van der Waals surface area (Å²) in [6.07, 6.45) is 3.75. The molecule has 102 valence electrons. The Morgan fingerprint density at radius 1 is 1.53 bits per heavy atom. The van der Waals surface area contributed by atoms with Gasteiger partial charge in [0.15, 0.2) is 0 Å². The molecule has 0 spiro atoms. The third kappa shape index (κ3) is 3.21.